The highest BCUT2D eigenvalue weighted by atomic mass is 28.4. The molecule has 0 N–H and O–H groups in total. The van der Waals surface area contributed by atoms with Crippen molar-refractivity contribution in [3.63, 3.8) is 0 Å². The fourth-order valence-electron chi connectivity index (χ4n) is 2.84. The molecule has 0 saturated heterocycles. The van der Waals surface area contributed by atoms with Crippen LogP contribution in [0, 0.1) is 0 Å². The van der Waals surface area contributed by atoms with Gasteiger partial charge in [-0.2, -0.15) is 0 Å². The van der Waals surface area contributed by atoms with Gasteiger partial charge < -0.3 is 41.7 Å². The summed E-state index contributed by atoms with van der Waals surface area (Å²) in [6.45, 7) is 21.8. The van der Waals surface area contributed by atoms with Crippen LogP contribution in [-0.2, 0) is 41.7 Å². The second-order valence-corrected chi connectivity index (χ2v) is 8.53. The Morgan fingerprint density at radius 2 is 0.733 bits per heavy atom. The van der Waals surface area contributed by atoms with E-state index in [1.54, 1.807) is 20.8 Å². The molecule has 0 aromatic rings. The predicted molar refractivity (Wildman–Crippen MR) is 114 cm³/mol. The average Bonchev–Trinajstić information content (AvgIpc) is 2.62. The predicted octanol–water partition coefficient (Wildman–Crippen LogP) is 3.94. The molecule has 0 unspecified atom stereocenters. The van der Waals surface area contributed by atoms with Crippen LogP contribution in [-0.4, -0.2) is 66.4 Å². The summed E-state index contributed by atoms with van der Waals surface area (Å²) >= 11 is 0. The van der Waals surface area contributed by atoms with Crippen LogP contribution in [0.3, 0.4) is 0 Å². The topological polar surface area (TPSA) is 83.1 Å². The minimum Gasteiger partial charge on any atom is -0.329 e. The summed E-state index contributed by atoms with van der Waals surface area (Å²) in [7, 11) is -3.89. The zero-order chi connectivity index (χ0) is 23.3. The zero-order valence-corrected chi connectivity index (χ0v) is 21.2. The smallest absolute Gasteiger partial charge is 0.329 e. The van der Waals surface area contributed by atoms with Crippen molar-refractivity contribution < 1.29 is 41.7 Å². The van der Waals surface area contributed by atoms with E-state index >= 15 is 0 Å². The normalized spacial score (nSPS) is 13.6. The van der Waals surface area contributed by atoms with Gasteiger partial charge in [-0.1, -0.05) is 6.58 Å². The Morgan fingerprint density at radius 3 is 0.867 bits per heavy atom. The van der Waals surface area contributed by atoms with Crippen LogP contribution in [0.1, 0.15) is 62.3 Å². The number of hydrogen-bond donors (Lipinski definition) is 0. The molecule has 180 valence electrons. The molecule has 0 aromatic heterocycles. The highest BCUT2D eigenvalue weighted by molar-refractivity contribution is 6.66. The Morgan fingerprint density at radius 1 is 0.533 bits per heavy atom. The van der Waals surface area contributed by atoms with Crippen LogP contribution in [0.4, 0.5) is 0 Å². The summed E-state index contributed by atoms with van der Waals surface area (Å²) < 4.78 is 53.0. The van der Waals surface area contributed by atoms with Gasteiger partial charge in [-0.25, -0.2) is 0 Å². The van der Waals surface area contributed by atoms with Crippen molar-refractivity contribution >= 4 is 8.80 Å². The number of ether oxygens (including phenoxy) is 6. The lowest BCUT2D eigenvalue weighted by atomic mass is 10.6. The van der Waals surface area contributed by atoms with Crippen molar-refractivity contribution in [1.29, 1.82) is 0 Å². The van der Waals surface area contributed by atoms with Gasteiger partial charge in [0.2, 0.25) is 0 Å². The van der Waals surface area contributed by atoms with Crippen molar-refractivity contribution in [2.45, 2.75) is 80.2 Å². The van der Waals surface area contributed by atoms with Crippen LogP contribution >= 0.6 is 0 Å². The molecule has 0 fully saturated rings. The maximum atomic E-state index is 6.24. The van der Waals surface area contributed by atoms with Crippen LogP contribution in [0.2, 0.25) is 0 Å². The van der Waals surface area contributed by atoms with E-state index in [0.29, 0.717) is 39.6 Å². The molecule has 0 atom stereocenters. The van der Waals surface area contributed by atoms with Gasteiger partial charge in [0.25, 0.3) is 17.9 Å². The van der Waals surface area contributed by atoms with Crippen LogP contribution in [0.15, 0.2) is 12.3 Å². The van der Waals surface area contributed by atoms with E-state index < -0.39 is 26.7 Å². The highest BCUT2D eigenvalue weighted by Gasteiger charge is 2.56. The summed E-state index contributed by atoms with van der Waals surface area (Å²) in [6, 6.07) is 0. The lowest BCUT2D eigenvalue weighted by Crippen LogP contribution is -2.61. The summed E-state index contributed by atoms with van der Waals surface area (Å²) in [6.07, 6.45) is 0. The molecule has 10 heteroatoms. The van der Waals surface area contributed by atoms with Crippen LogP contribution in [0.25, 0.3) is 0 Å². The lowest BCUT2D eigenvalue weighted by molar-refractivity contribution is -0.399. The molecule has 0 heterocycles. The molecular formula is C20H42O9Si. The Labute approximate surface area is 183 Å². The van der Waals surface area contributed by atoms with Crippen molar-refractivity contribution in [2.24, 2.45) is 0 Å². The second-order valence-electron chi connectivity index (χ2n) is 6.30. The third-order valence-corrected chi connectivity index (χ3v) is 6.14. The summed E-state index contributed by atoms with van der Waals surface area (Å²) in [5, 5.41) is 0. The van der Waals surface area contributed by atoms with E-state index in [2.05, 4.69) is 6.58 Å². The van der Waals surface area contributed by atoms with Crippen molar-refractivity contribution in [3.05, 3.63) is 12.3 Å². The molecule has 9 nitrogen and oxygen atoms in total. The van der Waals surface area contributed by atoms with E-state index in [9.17, 15) is 0 Å². The molecule has 0 bridgehead atoms. The Hall–Kier alpha value is -0.403. The summed E-state index contributed by atoms with van der Waals surface area (Å²) in [5.41, 5.74) is 1.44. The molecule has 0 aliphatic heterocycles. The van der Waals surface area contributed by atoms with E-state index in [4.69, 9.17) is 41.7 Å². The average molecular weight is 455 g/mol. The molecule has 0 amide bonds. The molecular weight excluding hydrogens is 412 g/mol. The quantitative estimate of drug-likeness (QED) is 0.213. The monoisotopic (exact) mass is 454 g/mol. The summed E-state index contributed by atoms with van der Waals surface area (Å²) in [4.78, 5) is 0. The SMILES string of the molecule is C=C[Si](OC(C)(OCC)OCC)(OC(C)(OCC)OCC)OC(C)(OCC)OCC. The van der Waals surface area contributed by atoms with Gasteiger partial charge in [0.05, 0.1) is 0 Å². The minimum absolute atomic E-state index is 0.334. The van der Waals surface area contributed by atoms with Crippen molar-refractivity contribution in [3.8, 4) is 0 Å². The first-order chi connectivity index (χ1) is 14.0. The molecule has 0 aliphatic rings. The molecule has 0 aromatic carbocycles. The first-order valence-electron chi connectivity index (χ1n) is 10.6. The van der Waals surface area contributed by atoms with Gasteiger partial charge in [-0.15, -0.1) is 0 Å². The first kappa shape index (κ1) is 29.6. The highest BCUT2D eigenvalue weighted by Crippen LogP contribution is 2.33. The minimum atomic E-state index is -3.89. The third-order valence-electron chi connectivity index (χ3n) is 3.67. The Kier molecular flexibility index (Phi) is 13.7. The first-order valence-corrected chi connectivity index (χ1v) is 12.4. The largest absolute Gasteiger partial charge is 0.540 e. The standard InChI is InChI=1S/C20H42O9Si/c1-11-21-18(8,22-12-2)27-30(17-7,28-19(9,23-13-3)24-14-4)29-20(10,25-15-5)26-16-6/h17H,7,11-16H2,1-6,8-10H3. The van der Waals surface area contributed by atoms with Gasteiger partial charge in [0, 0.05) is 60.4 Å². The van der Waals surface area contributed by atoms with Crippen LogP contribution < -0.4 is 0 Å². The molecule has 30 heavy (non-hydrogen) atoms. The van der Waals surface area contributed by atoms with Gasteiger partial charge in [0.1, 0.15) is 0 Å². The summed E-state index contributed by atoms with van der Waals surface area (Å²) in [5.74, 6) is -4.41. The van der Waals surface area contributed by atoms with Gasteiger partial charge in [-0.3, -0.25) is 0 Å². The molecule has 0 radical (unpaired) electrons. The Balaban J connectivity index is 6.25. The number of hydrogen-bond acceptors (Lipinski definition) is 9. The fourth-order valence-corrected chi connectivity index (χ4v) is 5.12. The Bertz CT molecular complexity index is 397. The van der Waals surface area contributed by atoms with Crippen molar-refractivity contribution in [2.75, 3.05) is 39.6 Å². The van der Waals surface area contributed by atoms with Gasteiger partial charge in [-0.05, 0) is 47.2 Å². The molecule has 0 rings (SSSR count). The zero-order valence-electron chi connectivity index (χ0n) is 20.2. The van der Waals surface area contributed by atoms with E-state index in [0.717, 1.165) is 0 Å². The molecule has 0 saturated carbocycles. The molecule has 0 spiro atoms. The number of rotatable bonds is 19. The lowest BCUT2D eigenvalue weighted by Gasteiger charge is -2.44. The van der Waals surface area contributed by atoms with Gasteiger partial charge >= 0.3 is 8.80 Å². The van der Waals surface area contributed by atoms with Crippen molar-refractivity contribution in [1.82, 2.24) is 0 Å². The van der Waals surface area contributed by atoms with E-state index in [-0.39, 0.29) is 0 Å². The molecule has 0 aliphatic carbocycles. The van der Waals surface area contributed by atoms with Gasteiger partial charge in [0.15, 0.2) is 0 Å². The van der Waals surface area contributed by atoms with Crippen LogP contribution in [0.5, 0.6) is 0 Å². The van der Waals surface area contributed by atoms with E-state index in [1.807, 2.05) is 41.5 Å². The maximum absolute atomic E-state index is 6.24. The fraction of sp³-hybridized carbons (Fsp3) is 0.900. The third kappa shape index (κ3) is 9.82. The maximum Gasteiger partial charge on any atom is 0.540 e. The second kappa shape index (κ2) is 13.9. The van der Waals surface area contributed by atoms with E-state index in [1.165, 1.54) is 5.70 Å².